The summed E-state index contributed by atoms with van der Waals surface area (Å²) in [4.78, 5) is 3.75. The van der Waals surface area contributed by atoms with Crippen molar-refractivity contribution in [2.45, 2.75) is 19.0 Å². The summed E-state index contributed by atoms with van der Waals surface area (Å²) in [5.41, 5.74) is 0.450. The maximum Gasteiger partial charge on any atom is 0.390 e. The summed E-state index contributed by atoms with van der Waals surface area (Å²) in [5, 5.41) is 5.28. The van der Waals surface area contributed by atoms with Crippen LogP contribution in [-0.4, -0.2) is 32.3 Å². The molecule has 0 atom stereocenters. The third-order valence-corrected chi connectivity index (χ3v) is 2.55. The molecule has 0 saturated heterocycles. The first kappa shape index (κ1) is 20.9. The molecule has 0 bridgehead atoms. The minimum absolute atomic E-state index is 0. The molecule has 3 nitrogen and oxygen atoms in total. The minimum Gasteiger partial charge on any atom is -0.356 e. The highest BCUT2D eigenvalue weighted by atomic mass is 127. The maximum absolute atomic E-state index is 13.0. The molecule has 0 radical (unpaired) electrons. The molecule has 0 aliphatic carbocycles. The van der Waals surface area contributed by atoms with E-state index in [1.807, 2.05) is 0 Å². The van der Waals surface area contributed by atoms with Crippen LogP contribution in [0.3, 0.4) is 0 Å². The molecule has 2 N–H and O–H groups in total. The van der Waals surface area contributed by atoms with Crippen molar-refractivity contribution in [2.24, 2.45) is 4.99 Å². The molecule has 0 aliphatic heterocycles. The van der Waals surface area contributed by atoms with Gasteiger partial charge in [0.2, 0.25) is 0 Å². The molecule has 0 unspecified atom stereocenters. The summed E-state index contributed by atoms with van der Waals surface area (Å²) < 4.78 is 61.9. The molecule has 1 rings (SSSR count). The third kappa shape index (κ3) is 9.00. The zero-order valence-corrected chi connectivity index (χ0v) is 14.1. The summed E-state index contributed by atoms with van der Waals surface area (Å²) in [5.74, 6) is -1.13. The molecule has 0 aliphatic rings. The predicted molar refractivity (Wildman–Crippen MR) is 85.5 cm³/mol. The van der Waals surface area contributed by atoms with Gasteiger partial charge in [0.1, 0.15) is 11.6 Å². The summed E-state index contributed by atoms with van der Waals surface area (Å²) in [6.45, 7) is -0.00759. The fraction of sp³-hybridized carbons (Fsp3) is 0.462. The number of benzene rings is 1. The Balaban J connectivity index is 0.00000441. The van der Waals surface area contributed by atoms with Gasteiger partial charge in [-0.3, -0.25) is 4.99 Å². The van der Waals surface area contributed by atoms with Crippen LogP contribution < -0.4 is 10.6 Å². The Morgan fingerprint density at radius 1 is 1.05 bits per heavy atom. The fourth-order valence-electron chi connectivity index (χ4n) is 1.62. The van der Waals surface area contributed by atoms with Crippen molar-refractivity contribution in [1.82, 2.24) is 10.6 Å². The predicted octanol–water partition coefficient (Wildman–Crippen LogP) is 3.24. The van der Waals surface area contributed by atoms with E-state index in [0.717, 1.165) is 6.07 Å². The molecule has 0 fully saturated rings. The van der Waals surface area contributed by atoms with Gasteiger partial charge in [-0.15, -0.1) is 24.0 Å². The van der Waals surface area contributed by atoms with E-state index in [1.165, 1.54) is 19.2 Å². The quantitative estimate of drug-likeness (QED) is 0.321. The fourth-order valence-corrected chi connectivity index (χ4v) is 1.62. The van der Waals surface area contributed by atoms with Crippen LogP contribution in [0.25, 0.3) is 0 Å². The second-order valence-corrected chi connectivity index (χ2v) is 4.32. The van der Waals surface area contributed by atoms with Crippen molar-refractivity contribution in [3.63, 3.8) is 0 Å². The molecule has 9 heteroatoms. The van der Waals surface area contributed by atoms with Crippen molar-refractivity contribution < 1.29 is 22.0 Å². The molecule has 126 valence electrons. The van der Waals surface area contributed by atoms with Gasteiger partial charge < -0.3 is 10.6 Å². The van der Waals surface area contributed by atoms with Crippen LogP contribution in [0.1, 0.15) is 12.0 Å². The number of alkyl halides is 3. The lowest BCUT2D eigenvalue weighted by molar-refractivity contribution is -0.132. The lowest BCUT2D eigenvalue weighted by Crippen LogP contribution is -2.39. The van der Waals surface area contributed by atoms with Gasteiger partial charge >= 0.3 is 6.18 Å². The van der Waals surface area contributed by atoms with E-state index in [1.54, 1.807) is 0 Å². The van der Waals surface area contributed by atoms with Crippen LogP contribution in [0.2, 0.25) is 0 Å². The standard InChI is InChI=1S/C13H16F5N3.HI/c1-19-12(21-5-3-13(16,17)18)20-4-2-9-6-10(14)8-11(15)7-9;/h6-8H,2-5H2,1H3,(H2,19,20,21);1H. The van der Waals surface area contributed by atoms with Gasteiger partial charge in [-0.2, -0.15) is 13.2 Å². The zero-order chi connectivity index (χ0) is 15.9. The molecule has 0 saturated carbocycles. The zero-order valence-electron chi connectivity index (χ0n) is 11.8. The summed E-state index contributed by atoms with van der Waals surface area (Å²) >= 11 is 0. The summed E-state index contributed by atoms with van der Waals surface area (Å²) in [6, 6.07) is 3.17. The molecule has 0 heterocycles. The van der Waals surface area contributed by atoms with Gasteiger partial charge in [-0.1, -0.05) is 0 Å². The SMILES string of the molecule is CN=C(NCCc1cc(F)cc(F)c1)NCCC(F)(F)F.I. The number of guanidine groups is 1. The van der Waals surface area contributed by atoms with Crippen molar-refractivity contribution in [3.05, 3.63) is 35.4 Å². The second-order valence-electron chi connectivity index (χ2n) is 4.32. The first-order valence-electron chi connectivity index (χ1n) is 6.26. The topological polar surface area (TPSA) is 36.4 Å². The maximum atomic E-state index is 13.0. The van der Waals surface area contributed by atoms with Gasteiger partial charge in [0.15, 0.2) is 5.96 Å². The van der Waals surface area contributed by atoms with E-state index in [-0.39, 0.29) is 43.0 Å². The largest absolute Gasteiger partial charge is 0.390 e. The normalized spacial score (nSPS) is 11.8. The highest BCUT2D eigenvalue weighted by Crippen LogP contribution is 2.18. The number of rotatable bonds is 5. The van der Waals surface area contributed by atoms with E-state index in [0.29, 0.717) is 12.0 Å². The van der Waals surface area contributed by atoms with E-state index >= 15 is 0 Å². The number of nitrogens with zero attached hydrogens (tertiary/aromatic N) is 1. The van der Waals surface area contributed by atoms with Gasteiger partial charge in [0.25, 0.3) is 0 Å². The lowest BCUT2D eigenvalue weighted by Gasteiger charge is -2.13. The molecule has 1 aromatic carbocycles. The van der Waals surface area contributed by atoms with Crippen LogP contribution >= 0.6 is 24.0 Å². The third-order valence-electron chi connectivity index (χ3n) is 2.55. The number of halogens is 6. The average Bonchev–Trinajstić information content (AvgIpc) is 2.34. The molecule has 0 amide bonds. The molecule has 1 aromatic rings. The van der Waals surface area contributed by atoms with E-state index in [4.69, 9.17) is 0 Å². The molecular weight excluding hydrogens is 420 g/mol. The van der Waals surface area contributed by atoms with E-state index in [2.05, 4.69) is 15.6 Å². The number of hydrogen-bond acceptors (Lipinski definition) is 1. The monoisotopic (exact) mass is 437 g/mol. The number of hydrogen-bond donors (Lipinski definition) is 2. The summed E-state index contributed by atoms with van der Waals surface area (Å²) in [6.07, 6.45) is -4.89. The number of nitrogens with one attached hydrogen (secondary N) is 2. The molecular formula is C13H17F5IN3. The Labute approximate surface area is 142 Å². The van der Waals surface area contributed by atoms with Crippen LogP contribution in [-0.2, 0) is 6.42 Å². The van der Waals surface area contributed by atoms with Crippen LogP contribution in [0.5, 0.6) is 0 Å². The Hall–Kier alpha value is -1.13. The summed E-state index contributed by atoms with van der Waals surface area (Å²) in [7, 11) is 1.42. The van der Waals surface area contributed by atoms with E-state index < -0.39 is 24.2 Å². The van der Waals surface area contributed by atoms with Gasteiger partial charge in [-0.05, 0) is 24.1 Å². The highest BCUT2D eigenvalue weighted by molar-refractivity contribution is 14.0. The van der Waals surface area contributed by atoms with Crippen LogP contribution in [0.15, 0.2) is 23.2 Å². The average molecular weight is 437 g/mol. The minimum atomic E-state index is -4.23. The second kappa shape index (κ2) is 9.80. The van der Waals surface area contributed by atoms with Crippen molar-refractivity contribution in [2.75, 3.05) is 20.1 Å². The smallest absolute Gasteiger partial charge is 0.356 e. The number of aliphatic imine (C=N–C) groups is 1. The van der Waals surface area contributed by atoms with Crippen LogP contribution in [0.4, 0.5) is 22.0 Å². The first-order valence-corrected chi connectivity index (χ1v) is 6.26. The van der Waals surface area contributed by atoms with E-state index in [9.17, 15) is 22.0 Å². The lowest BCUT2D eigenvalue weighted by atomic mass is 10.1. The van der Waals surface area contributed by atoms with Gasteiger partial charge in [0.05, 0.1) is 6.42 Å². The van der Waals surface area contributed by atoms with Crippen LogP contribution in [0, 0.1) is 11.6 Å². The van der Waals surface area contributed by atoms with Crippen molar-refractivity contribution in [1.29, 1.82) is 0 Å². The Kier molecular flexibility index (Phi) is 9.30. The molecule has 22 heavy (non-hydrogen) atoms. The molecule has 0 spiro atoms. The van der Waals surface area contributed by atoms with Crippen molar-refractivity contribution >= 4 is 29.9 Å². The molecule has 0 aromatic heterocycles. The Morgan fingerprint density at radius 3 is 2.09 bits per heavy atom. The first-order chi connectivity index (χ1) is 9.80. The Bertz CT molecular complexity index is 471. The van der Waals surface area contributed by atoms with Gasteiger partial charge in [0, 0.05) is 26.2 Å². The Morgan fingerprint density at radius 2 is 1.59 bits per heavy atom. The highest BCUT2D eigenvalue weighted by Gasteiger charge is 2.26. The van der Waals surface area contributed by atoms with Gasteiger partial charge in [-0.25, -0.2) is 8.78 Å². The van der Waals surface area contributed by atoms with Crippen molar-refractivity contribution in [3.8, 4) is 0 Å².